The number of piperidine rings is 1. The number of carboxylic acid groups (broad SMARTS) is 1. The van der Waals surface area contributed by atoms with E-state index in [1.54, 1.807) is 0 Å². The van der Waals surface area contributed by atoms with Crippen LogP contribution < -0.4 is 0 Å². The largest absolute Gasteiger partial charge is 0.479 e. The standard InChI is InChI=1S/C11H21NO3/c1-3-15-10(11(13)14)8-12-6-4-5-9(2)7-12/h9-10H,3-8H2,1-2H3,(H,13,14). The van der Waals surface area contributed by atoms with Crippen LogP contribution in [0.1, 0.15) is 26.7 Å². The van der Waals surface area contributed by atoms with Crippen LogP contribution in [0.15, 0.2) is 0 Å². The third-order valence-corrected chi connectivity index (χ3v) is 2.81. The van der Waals surface area contributed by atoms with Crippen LogP contribution in [0, 0.1) is 5.92 Å². The van der Waals surface area contributed by atoms with Crippen molar-refractivity contribution in [1.82, 2.24) is 4.90 Å². The molecule has 2 atom stereocenters. The Bertz CT molecular complexity index is 208. The van der Waals surface area contributed by atoms with Gasteiger partial charge in [0.05, 0.1) is 0 Å². The van der Waals surface area contributed by atoms with E-state index < -0.39 is 12.1 Å². The Morgan fingerprint density at radius 3 is 2.93 bits per heavy atom. The predicted molar refractivity (Wildman–Crippen MR) is 57.9 cm³/mol. The summed E-state index contributed by atoms with van der Waals surface area (Å²) < 4.78 is 5.20. The van der Waals surface area contributed by atoms with Gasteiger partial charge in [0.2, 0.25) is 0 Å². The van der Waals surface area contributed by atoms with E-state index >= 15 is 0 Å². The number of ether oxygens (including phenoxy) is 1. The first-order chi connectivity index (χ1) is 7.13. The molecule has 0 radical (unpaired) electrons. The molecular weight excluding hydrogens is 194 g/mol. The van der Waals surface area contributed by atoms with E-state index in [0.29, 0.717) is 19.1 Å². The number of carbonyl (C=O) groups is 1. The second-order valence-corrected chi connectivity index (χ2v) is 4.29. The van der Waals surface area contributed by atoms with Gasteiger partial charge >= 0.3 is 5.97 Å². The lowest BCUT2D eigenvalue weighted by molar-refractivity contribution is -0.151. The molecule has 0 aromatic heterocycles. The fraction of sp³-hybridized carbons (Fsp3) is 0.909. The average Bonchev–Trinajstić information content (AvgIpc) is 2.17. The Morgan fingerprint density at radius 1 is 1.67 bits per heavy atom. The molecule has 0 spiro atoms. The molecule has 0 aliphatic carbocycles. The summed E-state index contributed by atoms with van der Waals surface area (Å²) in [5.41, 5.74) is 0. The van der Waals surface area contributed by atoms with Gasteiger partial charge < -0.3 is 9.84 Å². The minimum Gasteiger partial charge on any atom is -0.479 e. The van der Waals surface area contributed by atoms with Crippen molar-refractivity contribution < 1.29 is 14.6 Å². The monoisotopic (exact) mass is 215 g/mol. The lowest BCUT2D eigenvalue weighted by atomic mass is 10.00. The van der Waals surface area contributed by atoms with Crippen molar-refractivity contribution in [3.8, 4) is 0 Å². The molecular formula is C11H21NO3. The lowest BCUT2D eigenvalue weighted by Gasteiger charge is -2.32. The number of hydrogen-bond acceptors (Lipinski definition) is 3. The molecule has 88 valence electrons. The first-order valence-corrected chi connectivity index (χ1v) is 5.70. The lowest BCUT2D eigenvalue weighted by Crippen LogP contribution is -2.43. The van der Waals surface area contributed by atoms with Gasteiger partial charge in [0, 0.05) is 19.7 Å². The zero-order valence-corrected chi connectivity index (χ0v) is 9.61. The highest BCUT2D eigenvalue weighted by atomic mass is 16.5. The molecule has 0 bridgehead atoms. The van der Waals surface area contributed by atoms with E-state index in [1.165, 1.54) is 12.8 Å². The van der Waals surface area contributed by atoms with Gasteiger partial charge in [-0.1, -0.05) is 6.92 Å². The summed E-state index contributed by atoms with van der Waals surface area (Å²) in [5.74, 6) is -0.176. The van der Waals surface area contributed by atoms with Gasteiger partial charge in [-0.25, -0.2) is 4.79 Å². The molecule has 4 heteroatoms. The Morgan fingerprint density at radius 2 is 2.40 bits per heavy atom. The van der Waals surface area contributed by atoms with E-state index in [2.05, 4.69) is 11.8 Å². The molecule has 1 aliphatic rings. The van der Waals surface area contributed by atoms with Crippen molar-refractivity contribution in [3.63, 3.8) is 0 Å². The summed E-state index contributed by atoms with van der Waals surface area (Å²) in [7, 11) is 0. The van der Waals surface area contributed by atoms with Gasteiger partial charge in [-0.3, -0.25) is 4.90 Å². The predicted octanol–water partition coefficient (Wildman–Crippen LogP) is 1.21. The molecule has 1 fully saturated rings. The maximum Gasteiger partial charge on any atom is 0.334 e. The molecule has 1 rings (SSSR count). The minimum atomic E-state index is -0.852. The Labute approximate surface area is 91.2 Å². The highest BCUT2D eigenvalue weighted by Crippen LogP contribution is 2.15. The van der Waals surface area contributed by atoms with Gasteiger partial charge in [0.1, 0.15) is 0 Å². The van der Waals surface area contributed by atoms with Gasteiger partial charge in [-0.05, 0) is 32.2 Å². The van der Waals surface area contributed by atoms with Crippen LogP contribution in [0.5, 0.6) is 0 Å². The number of likely N-dealkylation sites (tertiary alicyclic amines) is 1. The molecule has 0 aromatic rings. The molecule has 0 amide bonds. The van der Waals surface area contributed by atoms with Crippen LogP contribution in [0.4, 0.5) is 0 Å². The molecule has 1 saturated heterocycles. The second kappa shape index (κ2) is 6.08. The average molecular weight is 215 g/mol. The Balaban J connectivity index is 2.39. The summed E-state index contributed by atoms with van der Waals surface area (Å²) >= 11 is 0. The van der Waals surface area contributed by atoms with E-state index in [1.807, 2.05) is 6.92 Å². The summed E-state index contributed by atoms with van der Waals surface area (Å²) in [5, 5.41) is 8.95. The van der Waals surface area contributed by atoms with Gasteiger partial charge in [0.25, 0.3) is 0 Å². The number of rotatable bonds is 5. The van der Waals surface area contributed by atoms with Crippen LogP contribution in [0.3, 0.4) is 0 Å². The van der Waals surface area contributed by atoms with E-state index in [4.69, 9.17) is 9.84 Å². The molecule has 4 nitrogen and oxygen atoms in total. The summed E-state index contributed by atoms with van der Waals surface area (Å²) in [6.07, 6.45) is 1.75. The van der Waals surface area contributed by atoms with Gasteiger partial charge in [-0.2, -0.15) is 0 Å². The van der Waals surface area contributed by atoms with E-state index in [9.17, 15) is 4.79 Å². The van der Waals surface area contributed by atoms with Crippen LogP contribution in [0.25, 0.3) is 0 Å². The quantitative estimate of drug-likeness (QED) is 0.749. The number of nitrogens with zero attached hydrogens (tertiary/aromatic N) is 1. The van der Waals surface area contributed by atoms with Crippen molar-refractivity contribution in [2.75, 3.05) is 26.2 Å². The fourth-order valence-electron chi connectivity index (χ4n) is 2.09. The maximum atomic E-state index is 10.9. The Kier molecular flexibility index (Phi) is 5.05. The van der Waals surface area contributed by atoms with Crippen molar-refractivity contribution in [2.24, 2.45) is 5.92 Å². The number of carboxylic acids is 1. The van der Waals surface area contributed by atoms with Crippen LogP contribution in [-0.2, 0) is 9.53 Å². The van der Waals surface area contributed by atoms with Crippen molar-refractivity contribution >= 4 is 5.97 Å². The molecule has 0 saturated carbocycles. The van der Waals surface area contributed by atoms with Crippen LogP contribution in [-0.4, -0.2) is 48.3 Å². The van der Waals surface area contributed by atoms with E-state index in [-0.39, 0.29) is 0 Å². The maximum absolute atomic E-state index is 10.9. The molecule has 1 heterocycles. The molecule has 2 unspecified atom stereocenters. The molecule has 0 aromatic carbocycles. The van der Waals surface area contributed by atoms with Crippen LogP contribution >= 0.6 is 0 Å². The normalized spacial score (nSPS) is 25.1. The summed E-state index contributed by atoms with van der Waals surface area (Å²) in [4.78, 5) is 13.1. The third kappa shape index (κ3) is 4.18. The summed E-state index contributed by atoms with van der Waals surface area (Å²) in [6, 6.07) is 0. The zero-order valence-electron chi connectivity index (χ0n) is 9.61. The summed E-state index contributed by atoms with van der Waals surface area (Å²) in [6.45, 7) is 7.02. The highest BCUT2D eigenvalue weighted by molar-refractivity contribution is 5.72. The first-order valence-electron chi connectivity index (χ1n) is 5.70. The molecule has 1 N–H and O–H groups in total. The third-order valence-electron chi connectivity index (χ3n) is 2.81. The van der Waals surface area contributed by atoms with Crippen molar-refractivity contribution in [2.45, 2.75) is 32.8 Å². The molecule has 15 heavy (non-hydrogen) atoms. The topological polar surface area (TPSA) is 49.8 Å². The minimum absolute atomic E-state index is 0.459. The van der Waals surface area contributed by atoms with Gasteiger partial charge in [0.15, 0.2) is 6.10 Å². The smallest absolute Gasteiger partial charge is 0.334 e. The van der Waals surface area contributed by atoms with Crippen molar-refractivity contribution in [1.29, 1.82) is 0 Å². The van der Waals surface area contributed by atoms with Crippen molar-refractivity contribution in [3.05, 3.63) is 0 Å². The Hall–Kier alpha value is -0.610. The highest BCUT2D eigenvalue weighted by Gasteiger charge is 2.24. The number of aliphatic carboxylic acids is 1. The fourth-order valence-corrected chi connectivity index (χ4v) is 2.09. The van der Waals surface area contributed by atoms with E-state index in [0.717, 1.165) is 13.1 Å². The van der Waals surface area contributed by atoms with Crippen LogP contribution in [0.2, 0.25) is 0 Å². The molecule has 1 aliphatic heterocycles. The van der Waals surface area contributed by atoms with Gasteiger partial charge in [-0.15, -0.1) is 0 Å². The second-order valence-electron chi connectivity index (χ2n) is 4.29. The number of hydrogen-bond donors (Lipinski definition) is 1. The zero-order chi connectivity index (χ0) is 11.3. The SMILES string of the molecule is CCOC(CN1CCCC(C)C1)C(=O)O. The first kappa shape index (κ1) is 12.5.